The first kappa shape index (κ1) is 24.4. The van der Waals surface area contributed by atoms with Gasteiger partial charge in [-0.3, -0.25) is 9.89 Å². The first-order chi connectivity index (χ1) is 13.6. The van der Waals surface area contributed by atoms with E-state index in [1.165, 1.54) is 44.3 Å². The van der Waals surface area contributed by atoms with Crippen molar-refractivity contribution in [1.82, 2.24) is 20.4 Å². The predicted octanol–water partition coefficient (Wildman–Crippen LogP) is 3.55. The second-order valence-electron chi connectivity index (χ2n) is 8.73. The maximum absolute atomic E-state index is 4.47. The van der Waals surface area contributed by atoms with Crippen molar-refractivity contribution >= 4 is 29.9 Å². The van der Waals surface area contributed by atoms with Gasteiger partial charge in [-0.15, -0.1) is 24.0 Å². The summed E-state index contributed by atoms with van der Waals surface area (Å²) in [6.45, 7) is 11.5. The number of halogens is 1. The van der Waals surface area contributed by atoms with Crippen LogP contribution in [0.25, 0.3) is 0 Å². The van der Waals surface area contributed by atoms with Gasteiger partial charge in [-0.25, -0.2) is 0 Å². The Hall–Kier alpha value is -0.860. The predicted molar refractivity (Wildman–Crippen MR) is 134 cm³/mol. The molecular weight excluding hydrogens is 473 g/mol. The largest absolute Gasteiger partial charge is 0.356 e. The molecule has 1 unspecified atom stereocenters. The zero-order chi connectivity index (χ0) is 19.8. The van der Waals surface area contributed by atoms with Crippen LogP contribution in [0.5, 0.6) is 0 Å². The van der Waals surface area contributed by atoms with Crippen LogP contribution < -0.4 is 10.6 Å². The molecule has 0 saturated carbocycles. The number of nitrogens with zero attached hydrogens (tertiary/aromatic N) is 3. The standard InChI is InChI=1S/C23H39N5.HI/c1-19(2)28-13-7-10-21(18-28)16-25-23(24-3)26-22-11-14-27(15-12-22)17-20-8-5-4-6-9-20;/h4-6,8-9,19,21-22H,7,10-18H2,1-3H3,(H2,24,25,26);1H. The maximum Gasteiger partial charge on any atom is 0.191 e. The highest BCUT2D eigenvalue weighted by Crippen LogP contribution is 2.18. The van der Waals surface area contributed by atoms with Gasteiger partial charge in [-0.2, -0.15) is 0 Å². The van der Waals surface area contributed by atoms with Gasteiger partial charge in [0.15, 0.2) is 5.96 Å². The lowest BCUT2D eigenvalue weighted by Gasteiger charge is -2.36. The molecule has 3 rings (SSSR count). The molecule has 5 nitrogen and oxygen atoms in total. The summed E-state index contributed by atoms with van der Waals surface area (Å²) in [7, 11) is 1.89. The average Bonchev–Trinajstić information content (AvgIpc) is 2.73. The van der Waals surface area contributed by atoms with Crippen molar-refractivity contribution in [2.45, 2.75) is 58.2 Å². The van der Waals surface area contributed by atoms with E-state index in [2.05, 4.69) is 69.6 Å². The van der Waals surface area contributed by atoms with Crippen molar-refractivity contribution in [3.63, 3.8) is 0 Å². The summed E-state index contributed by atoms with van der Waals surface area (Å²) in [6.07, 6.45) is 5.00. The number of hydrogen-bond donors (Lipinski definition) is 2. The minimum absolute atomic E-state index is 0. The van der Waals surface area contributed by atoms with Crippen LogP contribution in [0.4, 0.5) is 0 Å². The summed E-state index contributed by atoms with van der Waals surface area (Å²) < 4.78 is 0. The van der Waals surface area contributed by atoms with Gasteiger partial charge in [0.05, 0.1) is 0 Å². The van der Waals surface area contributed by atoms with E-state index in [4.69, 9.17) is 0 Å². The van der Waals surface area contributed by atoms with Crippen molar-refractivity contribution in [3.8, 4) is 0 Å². The first-order valence-corrected chi connectivity index (χ1v) is 11.1. The number of piperidine rings is 2. The van der Waals surface area contributed by atoms with Crippen molar-refractivity contribution in [2.75, 3.05) is 39.8 Å². The average molecular weight is 514 g/mol. The number of rotatable bonds is 6. The Bertz CT molecular complexity index is 599. The number of nitrogens with one attached hydrogen (secondary N) is 2. The minimum Gasteiger partial charge on any atom is -0.356 e. The molecule has 0 aromatic heterocycles. The first-order valence-electron chi connectivity index (χ1n) is 11.1. The van der Waals surface area contributed by atoms with Crippen LogP contribution in [0.3, 0.4) is 0 Å². The molecule has 0 spiro atoms. The van der Waals surface area contributed by atoms with E-state index in [-0.39, 0.29) is 24.0 Å². The molecule has 2 aliphatic rings. The number of hydrogen-bond acceptors (Lipinski definition) is 3. The third-order valence-corrected chi connectivity index (χ3v) is 6.24. The molecule has 29 heavy (non-hydrogen) atoms. The normalized spacial score (nSPS) is 22.3. The van der Waals surface area contributed by atoms with Gasteiger partial charge in [-0.05, 0) is 57.6 Å². The summed E-state index contributed by atoms with van der Waals surface area (Å²) in [5.74, 6) is 1.70. The Balaban J connectivity index is 0.00000300. The van der Waals surface area contributed by atoms with E-state index in [9.17, 15) is 0 Å². The van der Waals surface area contributed by atoms with Gasteiger partial charge in [0.1, 0.15) is 0 Å². The van der Waals surface area contributed by atoms with Crippen LogP contribution in [-0.4, -0.2) is 67.6 Å². The highest BCUT2D eigenvalue weighted by Gasteiger charge is 2.23. The van der Waals surface area contributed by atoms with Crippen molar-refractivity contribution in [3.05, 3.63) is 35.9 Å². The number of likely N-dealkylation sites (tertiary alicyclic amines) is 2. The van der Waals surface area contributed by atoms with Gasteiger partial charge >= 0.3 is 0 Å². The Kier molecular flexibility index (Phi) is 10.7. The fraction of sp³-hybridized carbons (Fsp3) is 0.696. The lowest BCUT2D eigenvalue weighted by atomic mass is 9.97. The Morgan fingerprint density at radius 3 is 2.48 bits per heavy atom. The smallest absolute Gasteiger partial charge is 0.191 e. The molecule has 2 N–H and O–H groups in total. The van der Waals surface area contributed by atoms with Crippen molar-refractivity contribution in [1.29, 1.82) is 0 Å². The summed E-state index contributed by atoms with van der Waals surface area (Å²) in [4.78, 5) is 9.64. The molecule has 1 atom stereocenters. The van der Waals surface area contributed by atoms with Crippen molar-refractivity contribution in [2.24, 2.45) is 10.9 Å². The molecule has 6 heteroatoms. The molecule has 2 fully saturated rings. The van der Waals surface area contributed by atoms with Crippen LogP contribution in [0.2, 0.25) is 0 Å². The lowest BCUT2D eigenvalue weighted by Crippen LogP contribution is -2.50. The van der Waals surface area contributed by atoms with Crippen molar-refractivity contribution < 1.29 is 0 Å². The van der Waals surface area contributed by atoms with E-state index < -0.39 is 0 Å². The molecule has 2 saturated heterocycles. The van der Waals surface area contributed by atoms with E-state index in [0.717, 1.165) is 38.1 Å². The summed E-state index contributed by atoms with van der Waals surface area (Å²) >= 11 is 0. The van der Waals surface area contributed by atoms with E-state index in [1.807, 2.05) is 7.05 Å². The van der Waals surface area contributed by atoms with Crippen LogP contribution in [-0.2, 0) is 6.54 Å². The fourth-order valence-electron chi connectivity index (χ4n) is 4.44. The summed E-state index contributed by atoms with van der Waals surface area (Å²) in [5.41, 5.74) is 1.41. The Morgan fingerprint density at radius 1 is 1.10 bits per heavy atom. The van der Waals surface area contributed by atoms with Crippen LogP contribution >= 0.6 is 24.0 Å². The zero-order valence-corrected chi connectivity index (χ0v) is 20.8. The monoisotopic (exact) mass is 513 g/mol. The fourth-order valence-corrected chi connectivity index (χ4v) is 4.44. The quantitative estimate of drug-likeness (QED) is 0.347. The summed E-state index contributed by atoms with van der Waals surface area (Å²) in [6, 6.07) is 12.0. The molecule has 0 radical (unpaired) electrons. The van der Waals surface area contributed by atoms with Gasteiger partial charge in [0, 0.05) is 51.9 Å². The number of benzene rings is 1. The third-order valence-electron chi connectivity index (χ3n) is 6.24. The van der Waals surface area contributed by atoms with E-state index >= 15 is 0 Å². The van der Waals surface area contributed by atoms with E-state index in [1.54, 1.807) is 0 Å². The molecular formula is C23H40IN5. The maximum atomic E-state index is 4.47. The number of guanidine groups is 1. The van der Waals surface area contributed by atoms with Gasteiger partial charge < -0.3 is 15.5 Å². The van der Waals surface area contributed by atoms with Crippen LogP contribution in [0, 0.1) is 5.92 Å². The summed E-state index contributed by atoms with van der Waals surface area (Å²) in [5, 5.41) is 7.26. The second kappa shape index (κ2) is 12.7. The molecule has 2 aliphatic heterocycles. The molecule has 1 aromatic carbocycles. The molecule has 0 bridgehead atoms. The second-order valence-corrected chi connectivity index (χ2v) is 8.73. The lowest BCUT2D eigenvalue weighted by molar-refractivity contribution is 0.141. The van der Waals surface area contributed by atoms with Gasteiger partial charge in [-0.1, -0.05) is 30.3 Å². The molecule has 164 valence electrons. The molecule has 0 amide bonds. The number of aliphatic imine (C=N–C) groups is 1. The Labute approximate surface area is 194 Å². The highest BCUT2D eigenvalue weighted by molar-refractivity contribution is 14.0. The molecule has 1 aromatic rings. The molecule has 2 heterocycles. The van der Waals surface area contributed by atoms with E-state index in [0.29, 0.717) is 12.1 Å². The van der Waals surface area contributed by atoms with Gasteiger partial charge in [0.25, 0.3) is 0 Å². The third kappa shape index (κ3) is 8.06. The Morgan fingerprint density at radius 2 is 1.83 bits per heavy atom. The topological polar surface area (TPSA) is 42.9 Å². The van der Waals surface area contributed by atoms with Gasteiger partial charge in [0.2, 0.25) is 0 Å². The SMILES string of the molecule is CN=C(NCC1CCCN(C(C)C)C1)NC1CCN(Cc2ccccc2)CC1.I. The zero-order valence-electron chi connectivity index (χ0n) is 18.4. The minimum atomic E-state index is 0. The molecule has 0 aliphatic carbocycles. The van der Waals surface area contributed by atoms with Crippen LogP contribution in [0.15, 0.2) is 35.3 Å². The highest BCUT2D eigenvalue weighted by atomic mass is 127. The van der Waals surface area contributed by atoms with Crippen LogP contribution in [0.1, 0.15) is 45.1 Å².